The van der Waals surface area contributed by atoms with Gasteiger partial charge in [-0.3, -0.25) is 0 Å². The fourth-order valence-corrected chi connectivity index (χ4v) is 4.83. The molecule has 2 N–H and O–H groups in total. The van der Waals surface area contributed by atoms with Crippen LogP contribution in [0, 0.1) is 0 Å². The lowest BCUT2D eigenvalue weighted by Crippen LogP contribution is -2.48. The Morgan fingerprint density at radius 2 is 1.59 bits per heavy atom. The summed E-state index contributed by atoms with van der Waals surface area (Å²) in [5.74, 6) is 1.25. The van der Waals surface area contributed by atoms with Gasteiger partial charge in [-0.1, -0.05) is 31.4 Å². The Morgan fingerprint density at radius 1 is 0.889 bits per heavy atom. The van der Waals surface area contributed by atoms with Crippen molar-refractivity contribution in [1.82, 2.24) is 9.80 Å². The van der Waals surface area contributed by atoms with E-state index in [0.29, 0.717) is 11.8 Å². The van der Waals surface area contributed by atoms with E-state index >= 15 is 0 Å². The number of phenols is 1. The van der Waals surface area contributed by atoms with Crippen molar-refractivity contribution in [2.45, 2.75) is 69.9 Å². The van der Waals surface area contributed by atoms with Crippen molar-refractivity contribution in [2.75, 3.05) is 31.5 Å². The first-order chi connectivity index (χ1) is 13.3. The molecule has 5 nitrogen and oxygen atoms in total. The number of benzene rings is 1. The molecule has 3 fully saturated rings. The summed E-state index contributed by atoms with van der Waals surface area (Å²) in [4.78, 5) is 10.2. The van der Waals surface area contributed by atoms with Crippen molar-refractivity contribution < 1.29 is 5.11 Å². The maximum absolute atomic E-state index is 10.2. The first-order valence-corrected chi connectivity index (χ1v) is 10.9. The molecule has 1 aromatic rings. The normalized spacial score (nSPS) is 23.7. The molecule has 1 aliphatic carbocycles. The molecule has 0 radical (unpaired) electrons. The molecule has 2 aliphatic heterocycles. The van der Waals surface area contributed by atoms with Crippen LogP contribution in [0.3, 0.4) is 0 Å². The van der Waals surface area contributed by atoms with E-state index in [1.54, 1.807) is 6.07 Å². The first kappa shape index (κ1) is 18.6. The average molecular weight is 371 g/mol. The second-order valence-corrected chi connectivity index (χ2v) is 8.35. The maximum Gasteiger partial charge on any atom is 0.198 e. The lowest BCUT2D eigenvalue weighted by atomic mass is 9.96. The number of aromatic hydroxyl groups is 1. The van der Waals surface area contributed by atoms with E-state index in [1.807, 2.05) is 18.2 Å². The van der Waals surface area contributed by atoms with Crippen LogP contribution in [-0.2, 0) is 0 Å². The third-order valence-electron chi connectivity index (χ3n) is 6.45. The smallest absolute Gasteiger partial charge is 0.198 e. The van der Waals surface area contributed by atoms with Gasteiger partial charge >= 0.3 is 0 Å². The van der Waals surface area contributed by atoms with Gasteiger partial charge in [0.25, 0.3) is 0 Å². The van der Waals surface area contributed by atoms with E-state index < -0.39 is 0 Å². The summed E-state index contributed by atoms with van der Waals surface area (Å²) in [6, 6.07) is 8.65. The van der Waals surface area contributed by atoms with Crippen molar-refractivity contribution in [3.8, 4) is 5.75 Å². The standard InChI is InChI=1S/C22H34N4O/c27-21-11-5-4-10-20(21)24-22(23-18-8-2-1-3-9-18)26-16-12-19(13-17-26)25-14-6-7-15-25/h4-5,10-11,18-19,27H,1-3,6-9,12-17H2,(H,23,24). The minimum Gasteiger partial charge on any atom is -0.506 e. The Labute approximate surface area is 163 Å². The second kappa shape index (κ2) is 8.96. The Hall–Kier alpha value is -1.75. The quantitative estimate of drug-likeness (QED) is 0.479. The van der Waals surface area contributed by atoms with Gasteiger partial charge in [0.2, 0.25) is 0 Å². The van der Waals surface area contributed by atoms with Gasteiger partial charge in [0, 0.05) is 19.1 Å². The Morgan fingerprint density at radius 3 is 2.30 bits per heavy atom. The monoisotopic (exact) mass is 370 g/mol. The molecule has 0 spiro atoms. The molecular weight excluding hydrogens is 336 g/mol. The fraction of sp³-hybridized carbons (Fsp3) is 0.682. The molecule has 0 unspecified atom stereocenters. The number of nitrogens with zero attached hydrogens (tertiary/aromatic N) is 3. The molecule has 4 rings (SSSR count). The van der Waals surface area contributed by atoms with Gasteiger partial charge in [-0.2, -0.15) is 0 Å². The number of piperidine rings is 1. The highest BCUT2D eigenvalue weighted by Gasteiger charge is 2.28. The van der Waals surface area contributed by atoms with Crippen LogP contribution < -0.4 is 5.32 Å². The number of hydrogen-bond acceptors (Lipinski definition) is 3. The van der Waals surface area contributed by atoms with E-state index in [0.717, 1.165) is 30.8 Å². The minimum absolute atomic E-state index is 0.292. The van der Waals surface area contributed by atoms with Gasteiger partial charge < -0.3 is 20.2 Å². The fourth-order valence-electron chi connectivity index (χ4n) is 4.83. The lowest BCUT2D eigenvalue weighted by Gasteiger charge is -2.38. The predicted octanol–water partition coefficient (Wildman–Crippen LogP) is 4.05. The molecule has 3 aliphatic rings. The molecule has 0 bridgehead atoms. The van der Waals surface area contributed by atoms with E-state index in [-0.39, 0.29) is 0 Å². The second-order valence-electron chi connectivity index (χ2n) is 8.35. The number of para-hydroxylation sites is 2. The van der Waals surface area contributed by atoms with Gasteiger partial charge in [0.1, 0.15) is 5.75 Å². The zero-order valence-corrected chi connectivity index (χ0v) is 16.4. The molecule has 0 atom stereocenters. The Balaban J connectivity index is 1.46. The highest BCUT2D eigenvalue weighted by Crippen LogP contribution is 2.26. The lowest BCUT2D eigenvalue weighted by molar-refractivity contribution is 0.163. The molecule has 148 valence electrons. The molecule has 1 saturated carbocycles. The number of likely N-dealkylation sites (tertiary alicyclic amines) is 2. The number of aliphatic imine (C=N–C) groups is 1. The summed E-state index contributed by atoms with van der Waals surface area (Å²) in [5.41, 5.74) is 0.758. The Kier molecular flexibility index (Phi) is 6.17. The molecule has 1 aromatic carbocycles. The molecule has 5 heteroatoms. The topological polar surface area (TPSA) is 51.1 Å². The first-order valence-electron chi connectivity index (χ1n) is 10.9. The molecule has 0 aromatic heterocycles. The van der Waals surface area contributed by atoms with Crippen molar-refractivity contribution >= 4 is 11.6 Å². The van der Waals surface area contributed by atoms with Gasteiger partial charge in [0.05, 0.1) is 11.7 Å². The number of anilines is 1. The zero-order valence-electron chi connectivity index (χ0n) is 16.4. The summed E-state index contributed by atoms with van der Waals surface area (Å²) in [6.45, 7) is 4.66. The number of rotatable bonds is 3. The van der Waals surface area contributed by atoms with Gasteiger partial charge in [-0.15, -0.1) is 0 Å². The summed E-state index contributed by atoms with van der Waals surface area (Å²) < 4.78 is 0. The van der Waals surface area contributed by atoms with E-state index in [9.17, 15) is 5.11 Å². The van der Waals surface area contributed by atoms with E-state index in [4.69, 9.17) is 4.99 Å². The predicted molar refractivity (Wildman–Crippen MR) is 111 cm³/mol. The van der Waals surface area contributed by atoms with Crippen LogP contribution >= 0.6 is 0 Å². The third-order valence-corrected chi connectivity index (χ3v) is 6.45. The number of nitrogens with one attached hydrogen (secondary N) is 1. The van der Waals surface area contributed by atoms with Crippen LogP contribution in [0.25, 0.3) is 0 Å². The minimum atomic E-state index is 0.292. The maximum atomic E-state index is 10.2. The average Bonchev–Trinajstić information content (AvgIpc) is 3.25. The van der Waals surface area contributed by atoms with E-state index in [2.05, 4.69) is 15.1 Å². The van der Waals surface area contributed by atoms with Gasteiger partial charge in [-0.25, -0.2) is 4.99 Å². The van der Waals surface area contributed by atoms with Crippen molar-refractivity contribution in [1.29, 1.82) is 0 Å². The van der Waals surface area contributed by atoms with Crippen molar-refractivity contribution in [3.05, 3.63) is 24.3 Å². The summed E-state index contributed by atoms with van der Waals surface area (Å²) in [7, 11) is 0. The van der Waals surface area contributed by atoms with Crippen LogP contribution in [0.5, 0.6) is 5.75 Å². The summed E-state index contributed by atoms with van der Waals surface area (Å²) >= 11 is 0. The van der Waals surface area contributed by atoms with Gasteiger partial charge in [-0.05, 0) is 63.7 Å². The van der Waals surface area contributed by atoms with Crippen molar-refractivity contribution in [2.24, 2.45) is 4.99 Å². The number of guanidine groups is 1. The zero-order chi connectivity index (χ0) is 18.5. The van der Waals surface area contributed by atoms with Crippen LogP contribution in [0.15, 0.2) is 29.3 Å². The summed E-state index contributed by atoms with van der Waals surface area (Å²) in [5, 5.41) is 13.7. The highest BCUT2D eigenvalue weighted by atomic mass is 16.3. The SMILES string of the molecule is Oc1ccccc1NC(=NC1CCCCC1)N1CCC(N2CCCC2)CC1. The van der Waals surface area contributed by atoms with Crippen LogP contribution in [0.1, 0.15) is 57.8 Å². The Bertz CT molecular complexity index is 627. The number of phenolic OH excluding ortho intramolecular Hbond substituents is 1. The third kappa shape index (κ3) is 4.75. The van der Waals surface area contributed by atoms with Gasteiger partial charge in [0.15, 0.2) is 5.96 Å². The molecular formula is C22H34N4O. The van der Waals surface area contributed by atoms with E-state index in [1.165, 1.54) is 70.9 Å². The highest BCUT2D eigenvalue weighted by molar-refractivity contribution is 5.95. The molecule has 0 amide bonds. The molecule has 2 saturated heterocycles. The van der Waals surface area contributed by atoms with Crippen molar-refractivity contribution in [3.63, 3.8) is 0 Å². The van der Waals surface area contributed by atoms with Crippen LogP contribution in [0.4, 0.5) is 5.69 Å². The molecule has 2 heterocycles. The largest absolute Gasteiger partial charge is 0.506 e. The molecule has 27 heavy (non-hydrogen) atoms. The number of hydrogen-bond donors (Lipinski definition) is 2. The summed E-state index contributed by atoms with van der Waals surface area (Å²) in [6.07, 6.45) is 11.5. The van der Waals surface area contributed by atoms with Crippen LogP contribution in [-0.4, -0.2) is 59.1 Å². The van der Waals surface area contributed by atoms with Crippen LogP contribution in [0.2, 0.25) is 0 Å².